The van der Waals surface area contributed by atoms with Crippen molar-refractivity contribution in [3.05, 3.63) is 15.8 Å². The maximum Gasteiger partial charge on any atom is 0.267 e. The topological polar surface area (TPSA) is 59.0 Å². The molecule has 0 saturated carbocycles. The van der Waals surface area contributed by atoms with Crippen LogP contribution in [0.15, 0.2) is 6.07 Å². The van der Waals surface area contributed by atoms with E-state index in [0.717, 1.165) is 30.9 Å². The number of piperidine rings is 1. The number of thiophene rings is 1. The molecule has 0 aromatic carbocycles. The predicted octanol–water partition coefficient (Wildman–Crippen LogP) is 2.70. The number of aryl methyl sites for hydroxylation is 1. The highest BCUT2D eigenvalue weighted by molar-refractivity contribution is 7.14. The minimum Gasteiger partial charge on any atom is -0.495 e. The maximum atomic E-state index is 12.9. The van der Waals surface area contributed by atoms with Crippen LogP contribution in [0.3, 0.4) is 0 Å². The fraction of sp³-hybridized carbons (Fsp3) is 0.722. The smallest absolute Gasteiger partial charge is 0.267 e. The highest BCUT2D eigenvalue weighted by Gasteiger charge is 2.46. The lowest BCUT2D eigenvalue weighted by molar-refractivity contribution is -0.125. The van der Waals surface area contributed by atoms with E-state index in [2.05, 4.69) is 6.92 Å². The number of carbonyl (C=O) groups excluding carboxylic acids is 1. The second-order valence-electron chi connectivity index (χ2n) is 7.03. The molecular weight excluding hydrogens is 326 g/mol. The largest absolute Gasteiger partial charge is 0.495 e. The van der Waals surface area contributed by atoms with Crippen LogP contribution >= 0.6 is 11.3 Å². The van der Waals surface area contributed by atoms with Gasteiger partial charge in [-0.3, -0.25) is 4.79 Å². The summed E-state index contributed by atoms with van der Waals surface area (Å²) in [5, 5.41) is 11.2. The van der Waals surface area contributed by atoms with Crippen LogP contribution in [0, 0.1) is 18.8 Å². The van der Waals surface area contributed by atoms with Gasteiger partial charge in [-0.2, -0.15) is 0 Å². The highest BCUT2D eigenvalue weighted by Crippen LogP contribution is 2.40. The number of ether oxygens (including phenoxy) is 2. The van der Waals surface area contributed by atoms with Crippen molar-refractivity contribution >= 4 is 17.2 Å². The number of hydrogen-bond acceptors (Lipinski definition) is 5. The van der Waals surface area contributed by atoms with E-state index >= 15 is 0 Å². The zero-order valence-electron chi connectivity index (χ0n) is 14.7. The van der Waals surface area contributed by atoms with Crippen molar-refractivity contribution in [2.24, 2.45) is 11.8 Å². The van der Waals surface area contributed by atoms with Gasteiger partial charge in [0.25, 0.3) is 5.91 Å². The third-order valence-electron chi connectivity index (χ3n) is 5.58. The molecule has 1 aromatic rings. The summed E-state index contributed by atoms with van der Waals surface area (Å²) in [5.41, 5.74) is -0.685. The van der Waals surface area contributed by atoms with E-state index in [0.29, 0.717) is 30.1 Å². The molecule has 2 saturated heterocycles. The van der Waals surface area contributed by atoms with Gasteiger partial charge in [0.15, 0.2) is 0 Å². The molecule has 134 valence electrons. The molecule has 6 heteroatoms. The van der Waals surface area contributed by atoms with E-state index in [4.69, 9.17) is 9.47 Å². The first-order chi connectivity index (χ1) is 11.5. The van der Waals surface area contributed by atoms with Crippen molar-refractivity contribution in [2.75, 3.05) is 33.4 Å². The lowest BCUT2D eigenvalue weighted by Crippen LogP contribution is -2.56. The minimum atomic E-state index is -0.685. The summed E-state index contributed by atoms with van der Waals surface area (Å²) in [4.78, 5) is 16.5. The predicted molar refractivity (Wildman–Crippen MR) is 93.8 cm³/mol. The van der Waals surface area contributed by atoms with Crippen LogP contribution in [-0.4, -0.2) is 54.9 Å². The normalized spacial score (nSPS) is 28.8. The summed E-state index contributed by atoms with van der Waals surface area (Å²) in [6.45, 7) is 6.68. The van der Waals surface area contributed by atoms with Gasteiger partial charge in [-0.1, -0.05) is 6.92 Å². The van der Waals surface area contributed by atoms with Crippen LogP contribution in [0.1, 0.15) is 40.7 Å². The molecule has 3 heterocycles. The Labute approximate surface area is 147 Å². The molecule has 2 fully saturated rings. The van der Waals surface area contributed by atoms with E-state index in [9.17, 15) is 9.90 Å². The quantitative estimate of drug-likeness (QED) is 0.908. The number of carbonyl (C=O) groups is 1. The van der Waals surface area contributed by atoms with Crippen molar-refractivity contribution in [2.45, 2.75) is 38.7 Å². The van der Waals surface area contributed by atoms with E-state index in [1.165, 1.54) is 11.3 Å². The molecule has 5 nitrogen and oxygen atoms in total. The van der Waals surface area contributed by atoms with Crippen LogP contribution in [0.4, 0.5) is 0 Å². The number of likely N-dealkylation sites (tertiary alicyclic amines) is 1. The van der Waals surface area contributed by atoms with Gasteiger partial charge >= 0.3 is 0 Å². The number of aliphatic hydroxyl groups is 1. The van der Waals surface area contributed by atoms with Gasteiger partial charge in [0, 0.05) is 37.1 Å². The first kappa shape index (κ1) is 17.7. The van der Waals surface area contributed by atoms with E-state index in [1.54, 1.807) is 7.11 Å². The van der Waals surface area contributed by atoms with Gasteiger partial charge in [-0.25, -0.2) is 0 Å². The number of rotatable bonds is 3. The average molecular weight is 353 g/mol. The zero-order valence-corrected chi connectivity index (χ0v) is 15.5. The number of methoxy groups -OCH3 is 1. The third kappa shape index (κ3) is 3.19. The van der Waals surface area contributed by atoms with E-state index < -0.39 is 5.60 Å². The van der Waals surface area contributed by atoms with Crippen LogP contribution in [-0.2, 0) is 4.74 Å². The molecule has 24 heavy (non-hydrogen) atoms. The molecule has 1 amide bonds. The number of amides is 1. The van der Waals surface area contributed by atoms with E-state index in [-0.39, 0.29) is 17.7 Å². The van der Waals surface area contributed by atoms with Crippen LogP contribution in [0.25, 0.3) is 0 Å². The lowest BCUT2D eigenvalue weighted by atomic mass is 9.70. The third-order valence-corrected chi connectivity index (χ3v) is 6.60. The van der Waals surface area contributed by atoms with Gasteiger partial charge in [-0.15, -0.1) is 11.3 Å². The Morgan fingerprint density at radius 1 is 1.46 bits per heavy atom. The summed E-state index contributed by atoms with van der Waals surface area (Å²) in [5.74, 6) is 1.01. The van der Waals surface area contributed by atoms with Gasteiger partial charge in [-0.05, 0) is 38.2 Å². The molecule has 2 aliphatic heterocycles. The van der Waals surface area contributed by atoms with Crippen LogP contribution in [0.5, 0.6) is 5.75 Å². The standard InChI is InChI=1S/C18H27NO4S/c1-12-11-19(17(20)16-15(22-3)10-13(2)24-16)7-6-18(12,21)14-4-8-23-9-5-14/h10,12,14,21H,4-9,11H2,1-3H3. The molecule has 2 unspecified atom stereocenters. The van der Waals surface area contributed by atoms with Gasteiger partial charge < -0.3 is 19.5 Å². The van der Waals surface area contributed by atoms with E-state index in [1.807, 2.05) is 17.9 Å². The fourth-order valence-electron chi connectivity index (χ4n) is 4.06. The van der Waals surface area contributed by atoms with Crippen molar-refractivity contribution in [3.8, 4) is 5.75 Å². The SMILES string of the molecule is COc1cc(C)sc1C(=O)N1CCC(O)(C2CCOCC2)C(C)C1. The molecule has 2 atom stereocenters. The monoisotopic (exact) mass is 353 g/mol. The van der Waals surface area contributed by atoms with Crippen molar-refractivity contribution in [1.29, 1.82) is 0 Å². The summed E-state index contributed by atoms with van der Waals surface area (Å²) in [7, 11) is 1.60. The molecule has 1 N–H and O–H groups in total. The Morgan fingerprint density at radius 2 is 2.17 bits per heavy atom. The number of hydrogen-bond donors (Lipinski definition) is 1. The second-order valence-corrected chi connectivity index (χ2v) is 8.29. The highest BCUT2D eigenvalue weighted by atomic mass is 32.1. The first-order valence-electron chi connectivity index (χ1n) is 8.69. The molecule has 3 rings (SSSR count). The number of nitrogens with zero attached hydrogens (tertiary/aromatic N) is 1. The van der Waals surface area contributed by atoms with Gasteiger partial charge in [0.05, 0.1) is 12.7 Å². The molecule has 0 spiro atoms. The molecule has 0 aliphatic carbocycles. The maximum absolute atomic E-state index is 12.9. The molecule has 1 aromatic heterocycles. The Balaban J connectivity index is 1.71. The fourth-order valence-corrected chi connectivity index (χ4v) is 5.01. The summed E-state index contributed by atoms with van der Waals surface area (Å²) >= 11 is 1.47. The van der Waals surface area contributed by atoms with Crippen molar-refractivity contribution in [3.63, 3.8) is 0 Å². The molecule has 0 bridgehead atoms. The Bertz CT molecular complexity index is 596. The van der Waals surface area contributed by atoms with Crippen molar-refractivity contribution in [1.82, 2.24) is 4.90 Å². The average Bonchev–Trinajstić information content (AvgIpc) is 2.98. The molecule has 2 aliphatic rings. The lowest BCUT2D eigenvalue weighted by Gasteiger charge is -2.48. The molecular formula is C18H27NO4S. The second kappa shape index (κ2) is 7.02. The summed E-state index contributed by atoms with van der Waals surface area (Å²) in [6.07, 6.45) is 2.46. The first-order valence-corrected chi connectivity index (χ1v) is 9.51. The van der Waals surface area contributed by atoms with Crippen LogP contribution in [0.2, 0.25) is 0 Å². The zero-order chi connectivity index (χ0) is 17.3. The van der Waals surface area contributed by atoms with Crippen LogP contribution < -0.4 is 4.74 Å². The van der Waals surface area contributed by atoms with Gasteiger partial charge in [0.2, 0.25) is 0 Å². The Kier molecular flexibility index (Phi) is 5.18. The minimum absolute atomic E-state index is 0.0193. The molecule has 0 radical (unpaired) electrons. The van der Waals surface area contributed by atoms with Crippen molar-refractivity contribution < 1.29 is 19.4 Å². The van der Waals surface area contributed by atoms with Gasteiger partial charge in [0.1, 0.15) is 10.6 Å². The Morgan fingerprint density at radius 3 is 2.79 bits per heavy atom. The Hall–Kier alpha value is -1.11. The summed E-state index contributed by atoms with van der Waals surface area (Å²) in [6, 6.07) is 1.91. The summed E-state index contributed by atoms with van der Waals surface area (Å²) < 4.78 is 10.8.